The molecule has 0 radical (unpaired) electrons. The second-order valence-electron chi connectivity index (χ2n) is 10.5. The maximum atomic E-state index is 2.42. The van der Waals surface area contributed by atoms with Crippen LogP contribution in [0.3, 0.4) is 0 Å². The van der Waals surface area contributed by atoms with Gasteiger partial charge in [-0.05, 0) is 79.4 Å². The van der Waals surface area contributed by atoms with Crippen molar-refractivity contribution in [2.24, 2.45) is 47.3 Å². The molecular weight excluding hydrogens is 288 g/mol. The van der Waals surface area contributed by atoms with Crippen LogP contribution in [0, 0.1) is 47.3 Å². The first kappa shape index (κ1) is 18.8. The van der Waals surface area contributed by atoms with Crippen molar-refractivity contribution >= 4 is 0 Å². The lowest BCUT2D eigenvalue weighted by molar-refractivity contribution is 0.138. The first-order valence-corrected chi connectivity index (χ1v) is 11.6. The summed E-state index contributed by atoms with van der Waals surface area (Å²) in [6.45, 7) is 9.65. The van der Waals surface area contributed by atoms with Crippen molar-refractivity contribution in [3.63, 3.8) is 0 Å². The minimum absolute atomic E-state index is 0.937. The molecule has 0 aromatic rings. The predicted octanol–water partition coefficient (Wildman–Crippen LogP) is 7.72. The lowest BCUT2D eigenvalue weighted by Gasteiger charge is -2.36. The molecule has 140 valence electrons. The van der Waals surface area contributed by atoms with Gasteiger partial charge in [0.2, 0.25) is 0 Å². The second kappa shape index (κ2) is 8.59. The van der Waals surface area contributed by atoms with E-state index in [1.54, 1.807) is 44.9 Å². The van der Waals surface area contributed by atoms with Crippen molar-refractivity contribution in [3.05, 3.63) is 0 Å². The molecule has 0 nitrogen and oxygen atoms in total. The third-order valence-electron chi connectivity index (χ3n) is 8.51. The molecule has 0 heterocycles. The van der Waals surface area contributed by atoms with E-state index in [-0.39, 0.29) is 0 Å². The largest absolute Gasteiger partial charge is 0.0625 e. The van der Waals surface area contributed by atoms with Crippen molar-refractivity contribution in [1.82, 2.24) is 0 Å². The molecule has 0 amide bonds. The summed E-state index contributed by atoms with van der Waals surface area (Å²) in [6, 6.07) is 0. The summed E-state index contributed by atoms with van der Waals surface area (Å²) in [5.74, 6) is 8.54. The number of hydrogen-bond acceptors (Lipinski definition) is 0. The lowest BCUT2D eigenvalue weighted by Crippen LogP contribution is -2.27. The molecule has 4 saturated carbocycles. The molecule has 0 aliphatic heterocycles. The van der Waals surface area contributed by atoms with Gasteiger partial charge in [0.25, 0.3) is 0 Å². The van der Waals surface area contributed by atoms with E-state index in [0.29, 0.717) is 0 Å². The maximum Gasteiger partial charge on any atom is -0.0355 e. The van der Waals surface area contributed by atoms with Crippen LogP contribution in [0.5, 0.6) is 0 Å². The van der Waals surface area contributed by atoms with Crippen LogP contribution < -0.4 is 0 Å². The molecule has 0 aromatic heterocycles. The third-order valence-corrected chi connectivity index (χ3v) is 8.51. The average Bonchev–Trinajstić information content (AvgIpc) is 3.22. The van der Waals surface area contributed by atoms with Gasteiger partial charge in [-0.1, -0.05) is 72.6 Å². The predicted molar refractivity (Wildman–Crippen MR) is 106 cm³/mol. The zero-order chi connectivity index (χ0) is 17.1. The van der Waals surface area contributed by atoms with Gasteiger partial charge in [-0.15, -0.1) is 0 Å². The Balaban J connectivity index is 0.000000141. The van der Waals surface area contributed by atoms with E-state index in [0.717, 1.165) is 47.3 Å². The molecule has 4 fully saturated rings. The highest BCUT2D eigenvalue weighted by molar-refractivity contribution is 4.88. The van der Waals surface area contributed by atoms with E-state index >= 15 is 0 Å². The molecule has 4 aliphatic rings. The molecule has 0 bridgehead atoms. The van der Waals surface area contributed by atoms with E-state index in [9.17, 15) is 0 Å². The Morgan fingerprint density at radius 1 is 0.542 bits per heavy atom. The van der Waals surface area contributed by atoms with Gasteiger partial charge in [-0.25, -0.2) is 0 Å². The van der Waals surface area contributed by atoms with Gasteiger partial charge in [0.15, 0.2) is 0 Å². The minimum Gasteiger partial charge on any atom is -0.0625 e. The summed E-state index contributed by atoms with van der Waals surface area (Å²) < 4.78 is 0. The molecule has 4 rings (SSSR count). The van der Waals surface area contributed by atoms with Gasteiger partial charge < -0.3 is 0 Å². The van der Waals surface area contributed by atoms with Crippen molar-refractivity contribution in [2.75, 3.05) is 0 Å². The zero-order valence-corrected chi connectivity index (χ0v) is 17.1. The molecule has 24 heavy (non-hydrogen) atoms. The summed E-state index contributed by atoms with van der Waals surface area (Å²) in [7, 11) is 0. The molecule has 0 saturated heterocycles. The molecule has 6 unspecified atom stereocenters. The fourth-order valence-electron chi connectivity index (χ4n) is 6.99. The van der Waals surface area contributed by atoms with E-state index in [2.05, 4.69) is 27.7 Å². The fraction of sp³-hybridized carbons (Fsp3) is 1.00. The average molecular weight is 333 g/mol. The number of hydrogen-bond donors (Lipinski definition) is 0. The number of rotatable bonds is 2. The first-order valence-electron chi connectivity index (χ1n) is 11.6. The smallest absolute Gasteiger partial charge is 0.0355 e. The van der Waals surface area contributed by atoms with Crippen LogP contribution in [0.1, 0.15) is 105 Å². The Bertz CT molecular complexity index is 368. The molecule has 0 N–H and O–H groups in total. The summed E-state index contributed by atoms with van der Waals surface area (Å²) in [4.78, 5) is 0. The van der Waals surface area contributed by atoms with E-state index in [1.807, 2.05) is 0 Å². The van der Waals surface area contributed by atoms with Crippen LogP contribution in [-0.2, 0) is 0 Å². The highest BCUT2D eigenvalue weighted by atomic mass is 14.4. The topological polar surface area (TPSA) is 0 Å². The lowest BCUT2D eigenvalue weighted by atomic mass is 9.69. The standard InChI is InChI=1S/2C12H22/c1-9(2)11-7-3-5-10-6-4-8-12(10)11;1-9(2)11-7-6-10-4-3-5-12(10)8-11/h2*9-12H,3-8H2,1-2H3. The highest BCUT2D eigenvalue weighted by Gasteiger charge is 2.37. The van der Waals surface area contributed by atoms with Gasteiger partial charge in [0.1, 0.15) is 0 Å². The van der Waals surface area contributed by atoms with Crippen LogP contribution in [0.15, 0.2) is 0 Å². The van der Waals surface area contributed by atoms with Gasteiger partial charge in [-0.3, -0.25) is 0 Å². The molecule has 0 heteroatoms. The van der Waals surface area contributed by atoms with Gasteiger partial charge in [-0.2, -0.15) is 0 Å². The van der Waals surface area contributed by atoms with Crippen molar-refractivity contribution in [3.8, 4) is 0 Å². The highest BCUT2D eigenvalue weighted by Crippen LogP contribution is 2.48. The minimum atomic E-state index is 0.937. The molecule has 0 aromatic carbocycles. The first-order chi connectivity index (χ1) is 11.6. The summed E-state index contributed by atoms with van der Waals surface area (Å²) >= 11 is 0. The summed E-state index contributed by atoms with van der Waals surface area (Å²) in [5, 5.41) is 0. The van der Waals surface area contributed by atoms with E-state index in [1.165, 1.54) is 32.1 Å². The fourth-order valence-corrected chi connectivity index (χ4v) is 6.99. The molecule has 6 atom stereocenters. The monoisotopic (exact) mass is 332 g/mol. The van der Waals surface area contributed by atoms with Crippen molar-refractivity contribution in [2.45, 2.75) is 105 Å². The van der Waals surface area contributed by atoms with Crippen molar-refractivity contribution < 1.29 is 0 Å². The van der Waals surface area contributed by atoms with E-state index in [4.69, 9.17) is 0 Å². The maximum absolute atomic E-state index is 2.42. The van der Waals surface area contributed by atoms with Crippen molar-refractivity contribution in [1.29, 1.82) is 0 Å². The third kappa shape index (κ3) is 4.39. The Morgan fingerprint density at radius 2 is 1.17 bits per heavy atom. The van der Waals surface area contributed by atoms with Gasteiger partial charge in [0.05, 0.1) is 0 Å². The Hall–Kier alpha value is 0. The SMILES string of the molecule is CC(C)C1CCC2CCCC2C1.CC(C)C1CCCC2CCCC21. The Kier molecular flexibility index (Phi) is 6.72. The molecule has 4 aliphatic carbocycles. The normalized spacial score (nSPS) is 41.8. The van der Waals surface area contributed by atoms with Crippen LogP contribution in [0.2, 0.25) is 0 Å². The second-order valence-corrected chi connectivity index (χ2v) is 10.5. The van der Waals surface area contributed by atoms with Gasteiger partial charge >= 0.3 is 0 Å². The van der Waals surface area contributed by atoms with Gasteiger partial charge in [0, 0.05) is 0 Å². The Morgan fingerprint density at radius 3 is 1.88 bits per heavy atom. The van der Waals surface area contributed by atoms with Crippen LogP contribution >= 0.6 is 0 Å². The molecule has 0 spiro atoms. The van der Waals surface area contributed by atoms with Crippen LogP contribution in [0.25, 0.3) is 0 Å². The molecular formula is C24H44. The summed E-state index contributed by atoms with van der Waals surface area (Å²) in [5.41, 5.74) is 0. The summed E-state index contributed by atoms with van der Waals surface area (Å²) in [6.07, 6.45) is 18.5. The van der Waals surface area contributed by atoms with Crippen LogP contribution in [-0.4, -0.2) is 0 Å². The van der Waals surface area contributed by atoms with Crippen LogP contribution in [0.4, 0.5) is 0 Å². The van der Waals surface area contributed by atoms with E-state index < -0.39 is 0 Å². The Labute approximate surface area is 152 Å². The quantitative estimate of drug-likeness (QED) is 0.485. The number of fused-ring (bicyclic) bond motifs is 2. The zero-order valence-electron chi connectivity index (χ0n) is 17.1.